The summed E-state index contributed by atoms with van der Waals surface area (Å²) < 4.78 is 10.8. The van der Waals surface area contributed by atoms with Gasteiger partial charge in [0.05, 0.1) is 7.11 Å². The molecule has 4 nitrogen and oxygen atoms in total. The van der Waals surface area contributed by atoms with Crippen molar-refractivity contribution in [1.29, 1.82) is 0 Å². The summed E-state index contributed by atoms with van der Waals surface area (Å²) in [5, 5.41) is 11.2. The number of hydrogen-bond donors (Lipinski definition) is 1. The van der Waals surface area contributed by atoms with Crippen molar-refractivity contribution in [2.45, 2.75) is 19.4 Å². The molecule has 1 unspecified atom stereocenters. The predicted molar refractivity (Wildman–Crippen MR) is 92.2 cm³/mol. The molecule has 1 atom stereocenters. The molecule has 124 valence electrons. The number of carbonyl (C=O) groups is 1. The molecule has 0 aromatic heterocycles. The Kier molecular flexibility index (Phi) is 4.49. The van der Waals surface area contributed by atoms with Crippen LogP contribution in [-0.2, 0) is 16.0 Å². The van der Waals surface area contributed by atoms with E-state index in [4.69, 9.17) is 21.1 Å². The van der Waals surface area contributed by atoms with Crippen LogP contribution in [0, 0.1) is 0 Å². The number of aliphatic hydroxyl groups is 1. The minimum absolute atomic E-state index is 0.110. The maximum absolute atomic E-state index is 12.5. The van der Waals surface area contributed by atoms with E-state index in [0.29, 0.717) is 28.3 Å². The van der Waals surface area contributed by atoms with Crippen LogP contribution < -0.4 is 4.74 Å². The fraction of sp³-hybridized carbons (Fsp3) is 0.211. The van der Waals surface area contributed by atoms with Crippen LogP contribution in [0.1, 0.15) is 29.7 Å². The molecule has 0 fully saturated rings. The Bertz CT molecular complexity index is 786. The van der Waals surface area contributed by atoms with Gasteiger partial charge in [-0.1, -0.05) is 48.9 Å². The summed E-state index contributed by atoms with van der Waals surface area (Å²) in [5.74, 6) is -0.246. The van der Waals surface area contributed by atoms with E-state index < -0.39 is 12.1 Å². The molecule has 0 bridgehead atoms. The fourth-order valence-electron chi connectivity index (χ4n) is 2.90. The van der Waals surface area contributed by atoms with Gasteiger partial charge >= 0.3 is 5.97 Å². The lowest BCUT2D eigenvalue weighted by Crippen LogP contribution is -2.05. The summed E-state index contributed by atoms with van der Waals surface area (Å²) in [6, 6.07) is 12.5. The van der Waals surface area contributed by atoms with E-state index in [-0.39, 0.29) is 11.3 Å². The first kappa shape index (κ1) is 16.4. The van der Waals surface area contributed by atoms with Crippen LogP contribution in [-0.4, -0.2) is 18.2 Å². The number of rotatable bonds is 4. The van der Waals surface area contributed by atoms with Gasteiger partial charge in [0.2, 0.25) is 0 Å². The molecule has 3 rings (SSSR count). The van der Waals surface area contributed by atoms with E-state index >= 15 is 0 Å². The van der Waals surface area contributed by atoms with Crippen molar-refractivity contribution in [3.63, 3.8) is 0 Å². The van der Waals surface area contributed by atoms with Gasteiger partial charge in [-0.25, -0.2) is 4.79 Å². The normalized spacial score (nSPS) is 17.1. The average Bonchev–Trinajstić information content (AvgIpc) is 2.89. The van der Waals surface area contributed by atoms with E-state index in [0.717, 1.165) is 5.56 Å². The van der Waals surface area contributed by atoms with Crippen LogP contribution in [0.4, 0.5) is 0 Å². The molecule has 1 N–H and O–H groups in total. The van der Waals surface area contributed by atoms with Gasteiger partial charge in [-0.3, -0.25) is 0 Å². The number of carbonyl (C=O) groups excluding carboxylic acids is 1. The molecule has 0 amide bonds. The highest BCUT2D eigenvalue weighted by Crippen LogP contribution is 2.43. The van der Waals surface area contributed by atoms with E-state index in [9.17, 15) is 9.90 Å². The lowest BCUT2D eigenvalue weighted by molar-refractivity contribution is -0.138. The van der Waals surface area contributed by atoms with Crippen molar-refractivity contribution in [3.8, 4) is 5.75 Å². The molecule has 0 radical (unpaired) electrons. The zero-order chi connectivity index (χ0) is 17.3. The third-order valence-corrected chi connectivity index (χ3v) is 4.25. The molecule has 1 heterocycles. The first-order valence-corrected chi connectivity index (χ1v) is 8.00. The van der Waals surface area contributed by atoms with Gasteiger partial charge in [-0.05, 0) is 24.1 Å². The second kappa shape index (κ2) is 6.57. The van der Waals surface area contributed by atoms with Gasteiger partial charge in [-0.15, -0.1) is 0 Å². The highest BCUT2D eigenvalue weighted by molar-refractivity contribution is 6.31. The zero-order valence-electron chi connectivity index (χ0n) is 13.4. The number of aryl methyl sites for hydroxylation is 1. The molecule has 1 aliphatic rings. The van der Waals surface area contributed by atoms with Crippen LogP contribution >= 0.6 is 11.6 Å². The van der Waals surface area contributed by atoms with Gasteiger partial charge in [0.15, 0.2) is 11.9 Å². The van der Waals surface area contributed by atoms with Crippen molar-refractivity contribution in [2.75, 3.05) is 7.11 Å². The SMILES string of the molecule is CCc1cc(Cl)cc(OC)c1C1=C(O)C(c2ccccc2)OC1=O. The monoisotopic (exact) mass is 344 g/mol. The molecule has 1 aliphatic heterocycles. The molecular weight excluding hydrogens is 328 g/mol. The van der Waals surface area contributed by atoms with Crippen LogP contribution in [0.2, 0.25) is 5.02 Å². The Morgan fingerprint density at radius 1 is 1.25 bits per heavy atom. The number of ether oxygens (including phenoxy) is 2. The molecule has 0 saturated carbocycles. The Morgan fingerprint density at radius 2 is 1.96 bits per heavy atom. The first-order valence-electron chi connectivity index (χ1n) is 7.62. The lowest BCUT2D eigenvalue weighted by Gasteiger charge is -2.13. The smallest absolute Gasteiger partial charge is 0.343 e. The molecule has 24 heavy (non-hydrogen) atoms. The second-order valence-electron chi connectivity index (χ2n) is 5.45. The van der Waals surface area contributed by atoms with E-state index in [2.05, 4.69) is 0 Å². The molecule has 2 aromatic carbocycles. The highest BCUT2D eigenvalue weighted by Gasteiger charge is 2.38. The van der Waals surface area contributed by atoms with Crippen molar-refractivity contribution < 1.29 is 19.4 Å². The van der Waals surface area contributed by atoms with E-state index in [1.165, 1.54) is 7.11 Å². The Hall–Kier alpha value is -2.46. The van der Waals surface area contributed by atoms with Gasteiger partial charge in [0.25, 0.3) is 0 Å². The van der Waals surface area contributed by atoms with Gasteiger partial charge in [0, 0.05) is 16.1 Å². The van der Waals surface area contributed by atoms with Gasteiger partial charge in [-0.2, -0.15) is 0 Å². The standard InChI is InChI=1S/C19H17ClO4/c1-3-11-9-13(20)10-14(23-2)15(11)16-17(21)18(24-19(16)22)12-7-5-4-6-8-12/h4-10,18,21H,3H2,1-2H3. The van der Waals surface area contributed by atoms with Crippen LogP contribution in [0.25, 0.3) is 5.57 Å². The zero-order valence-corrected chi connectivity index (χ0v) is 14.1. The molecule has 5 heteroatoms. The van der Waals surface area contributed by atoms with Gasteiger partial charge < -0.3 is 14.6 Å². The van der Waals surface area contributed by atoms with Gasteiger partial charge in [0.1, 0.15) is 11.3 Å². The summed E-state index contributed by atoms with van der Waals surface area (Å²) in [7, 11) is 1.50. The summed E-state index contributed by atoms with van der Waals surface area (Å²) in [6.07, 6.45) is -0.175. The largest absolute Gasteiger partial charge is 0.507 e. The van der Waals surface area contributed by atoms with Crippen molar-refractivity contribution in [2.24, 2.45) is 0 Å². The summed E-state index contributed by atoms with van der Waals surface area (Å²) in [6.45, 7) is 1.95. The Labute approximate surface area is 145 Å². The number of aliphatic hydroxyl groups excluding tert-OH is 1. The summed E-state index contributed by atoms with van der Waals surface area (Å²) in [4.78, 5) is 12.5. The summed E-state index contributed by atoms with van der Waals surface area (Å²) >= 11 is 6.11. The first-order chi connectivity index (χ1) is 11.6. The Morgan fingerprint density at radius 3 is 2.58 bits per heavy atom. The molecule has 0 spiro atoms. The number of methoxy groups -OCH3 is 1. The second-order valence-corrected chi connectivity index (χ2v) is 5.89. The highest BCUT2D eigenvalue weighted by atomic mass is 35.5. The fourth-order valence-corrected chi connectivity index (χ4v) is 3.13. The maximum atomic E-state index is 12.5. The number of hydrogen-bond acceptors (Lipinski definition) is 4. The minimum Gasteiger partial charge on any atom is -0.507 e. The maximum Gasteiger partial charge on any atom is 0.343 e. The minimum atomic E-state index is -0.807. The number of halogens is 1. The molecule has 0 aliphatic carbocycles. The number of esters is 1. The molecule has 2 aromatic rings. The topological polar surface area (TPSA) is 55.8 Å². The summed E-state index contributed by atoms with van der Waals surface area (Å²) in [5.41, 5.74) is 2.19. The third kappa shape index (κ3) is 2.74. The van der Waals surface area contributed by atoms with Crippen molar-refractivity contribution >= 4 is 23.1 Å². The van der Waals surface area contributed by atoms with Crippen molar-refractivity contribution in [3.05, 3.63) is 69.9 Å². The molecule has 0 saturated heterocycles. The average molecular weight is 345 g/mol. The van der Waals surface area contributed by atoms with Crippen molar-refractivity contribution in [1.82, 2.24) is 0 Å². The lowest BCUT2D eigenvalue weighted by atomic mass is 9.95. The number of benzene rings is 2. The van der Waals surface area contributed by atoms with Crippen LogP contribution in [0.5, 0.6) is 5.75 Å². The third-order valence-electron chi connectivity index (χ3n) is 4.04. The van der Waals surface area contributed by atoms with E-state index in [1.807, 2.05) is 25.1 Å². The van der Waals surface area contributed by atoms with Crippen LogP contribution in [0.3, 0.4) is 0 Å². The number of cyclic esters (lactones) is 1. The van der Waals surface area contributed by atoms with Crippen LogP contribution in [0.15, 0.2) is 48.2 Å². The van der Waals surface area contributed by atoms with E-state index in [1.54, 1.807) is 24.3 Å². The molecular formula is C19H17ClO4. The quantitative estimate of drug-likeness (QED) is 0.831. The Balaban J connectivity index is 2.18. The predicted octanol–water partition coefficient (Wildman–Crippen LogP) is 4.48.